The van der Waals surface area contributed by atoms with Crippen LogP contribution in [0.3, 0.4) is 0 Å². The Morgan fingerprint density at radius 3 is 1.92 bits per heavy atom. The van der Waals surface area contributed by atoms with E-state index in [1.807, 2.05) is 18.3 Å². The van der Waals surface area contributed by atoms with E-state index in [0.29, 0.717) is 11.6 Å². The number of ether oxygens (including phenoxy) is 2. The number of benzene rings is 1. The van der Waals surface area contributed by atoms with E-state index in [0.717, 1.165) is 39.3 Å². The molecular formula is C30H38IrN3O2-. The third-order valence-corrected chi connectivity index (χ3v) is 6.61. The van der Waals surface area contributed by atoms with Crippen molar-refractivity contribution in [2.45, 2.75) is 91.3 Å². The quantitative estimate of drug-likeness (QED) is 0.280. The van der Waals surface area contributed by atoms with Gasteiger partial charge < -0.3 is 14.5 Å². The van der Waals surface area contributed by atoms with Crippen molar-refractivity contribution in [3.05, 3.63) is 59.0 Å². The van der Waals surface area contributed by atoms with Gasteiger partial charge >= 0.3 is 0 Å². The zero-order valence-corrected chi connectivity index (χ0v) is 25.8. The molecule has 0 N–H and O–H groups in total. The van der Waals surface area contributed by atoms with Gasteiger partial charge in [0.1, 0.15) is 5.75 Å². The first-order valence-electron chi connectivity index (χ1n) is 12.2. The topological polar surface area (TPSA) is 57.1 Å². The third kappa shape index (κ3) is 5.27. The molecule has 2 aromatic heterocycles. The Morgan fingerprint density at radius 1 is 0.833 bits per heavy atom. The summed E-state index contributed by atoms with van der Waals surface area (Å²) >= 11 is 0. The Labute approximate surface area is 229 Å². The molecule has 0 saturated heterocycles. The summed E-state index contributed by atoms with van der Waals surface area (Å²) in [5.74, 6) is 1.32. The van der Waals surface area contributed by atoms with Crippen LogP contribution in [0.25, 0.3) is 22.6 Å². The van der Waals surface area contributed by atoms with Crippen LogP contribution in [0, 0.1) is 6.07 Å². The number of nitrogens with zero attached hydrogens (tertiary/aromatic N) is 3. The van der Waals surface area contributed by atoms with Gasteiger partial charge in [-0.1, -0.05) is 52.7 Å². The maximum Gasteiger partial charge on any atom is 0.161 e. The van der Waals surface area contributed by atoms with Crippen LogP contribution in [0.2, 0.25) is 0 Å². The molecule has 0 bridgehead atoms. The number of fused-ring (bicyclic) bond motifs is 1. The maximum atomic E-state index is 6.32. The molecular weight excluding hydrogens is 627 g/mol. The molecule has 0 saturated carbocycles. The Bertz CT molecular complexity index is 1250. The first-order chi connectivity index (χ1) is 16.0. The van der Waals surface area contributed by atoms with E-state index < -0.39 is 0 Å². The molecule has 36 heavy (non-hydrogen) atoms. The van der Waals surface area contributed by atoms with Gasteiger partial charge in [-0.2, -0.15) is 0 Å². The summed E-state index contributed by atoms with van der Waals surface area (Å²) in [5.41, 5.74) is 5.82. The molecule has 3 aromatic rings. The van der Waals surface area contributed by atoms with Crippen LogP contribution in [-0.2, 0) is 46.9 Å². The minimum Gasteiger partial charge on any atom is -0.504 e. The molecule has 0 unspecified atom stereocenters. The molecule has 0 aliphatic carbocycles. The van der Waals surface area contributed by atoms with E-state index in [2.05, 4.69) is 87.4 Å². The van der Waals surface area contributed by atoms with Gasteiger partial charge in [0.05, 0.1) is 29.7 Å². The summed E-state index contributed by atoms with van der Waals surface area (Å²) in [5, 5.41) is 0. The molecule has 1 aliphatic rings. The second-order valence-electron chi connectivity index (χ2n) is 12.5. The van der Waals surface area contributed by atoms with Crippen LogP contribution in [0.15, 0.2) is 30.5 Å². The second-order valence-corrected chi connectivity index (χ2v) is 12.5. The van der Waals surface area contributed by atoms with Gasteiger partial charge in [0, 0.05) is 48.4 Å². The largest absolute Gasteiger partial charge is 0.504 e. The molecule has 195 valence electrons. The molecule has 3 heterocycles. The summed E-state index contributed by atoms with van der Waals surface area (Å²) in [4.78, 5) is 14.6. The molecule has 1 aromatic carbocycles. The van der Waals surface area contributed by atoms with E-state index in [1.54, 1.807) is 7.11 Å². The van der Waals surface area contributed by atoms with Crippen molar-refractivity contribution in [2.75, 3.05) is 7.11 Å². The summed E-state index contributed by atoms with van der Waals surface area (Å²) in [6, 6.07) is 11.7. The average Bonchev–Trinajstić information content (AvgIpc) is 2.95. The molecule has 5 nitrogen and oxygen atoms in total. The van der Waals surface area contributed by atoms with E-state index in [1.165, 1.54) is 0 Å². The molecule has 0 atom stereocenters. The van der Waals surface area contributed by atoms with Crippen molar-refractivity contribution in [1.82, 2.24) is 15.0 Å². The summed E-state index contributed by atoms with van der Waals surface area (Å²) in [6.45, 7) is 21.4. The Hall–Kier alpha value is -2.14. The van der Waals surface area contributed by atoms with Crippen molar-refractivity contribution >= 4 is 0 Å². The van der Waals surface area contributed by atoms with Gasteiger partial charge in [-0.3, -0.25) is 0 Å². The van der Waals surface area contributed by atoms with E-state index in [4.69, 9.17) is 24.4 Å². The Kier molecular flexibility index (Phi) is 7.35. The van der Waals surface area contributed by atoms with Crippen LogP contribution in [-0.4, -0.2) is 22.1 Å². The average molecular weight is 665 g/mol. The van der Waals surface area contributed by atoms with Gasteiger partial charge in [0.15, 0.2) is 5.82 Å². The molecule has 0 spiro atoms. The van der Waals surface area contributed by atoms with Gasteiger partial charge in [-0.15, -0.1) is 23.8 Å². The van der Waals surface area contributed by atoms with Crippen molar-refractivity contribution in [1.29, 1.82) is 0 Å². The van der Waals surface area contributed by atoms with Gasteiger partial charge in [0.2, 0.25) is 0 Å². The smallest absolute Gasteiger partial charge is 0.161 e. The van der Waals surface area contributed by atoms with E-state index in [9.17, 15) is 0 Å². The molecule has 4 rings (SSSR count). The normalized spacial score (nSPS) is 16.3. The van der Waals surface area contributed by atoms with Crippen molar-refractivity contribution < 1.29 is 29.6 Å². The third-order valence-electron chi connectivity index (χ3n) is 6.61. The minimum absolute atomic E-state index is 0. The SMILES string of the molecule is COc1cc(-c2nc(C(C)(C)C)cc(C(C)(C)C)n2)cnc1-c1[c-]cc2c(c1)C(C)(C)OC2(C)C.[Ir]. The molecule has 6 heteroatoms. The van der Waals surface area contributed by atoms with Gasteiger partial charge in [0.25, 0.3) is 0 Å². The molecule has 1 aliphatic heterocycles. The minimum atomic E-state index is -0.388. The molecule has 0 amide bonds. The van der Waals surface area contributed by atoms with Crippen LogP contribution in [0.4, 0.5) is 0 Å². The Morgan fingerprint density at radius 2 is 1.39 bits per heavy atom. The van der Waals surface area contributed by atoms with E-state index >= 15 is 0 Å². The second kappa shape index (κ2) is 9.31. The van der Waals surface area contributed by atoms with Crippen LogP contribution in [0.5, 0.6) is 5.75 Å². The van der Waals surface area contributed by atoms with Crippen LogP contribution >= 0.6 is 0 Å². The fourth-order valence-corrected chi connectivity index (χ4v) is 4.64. The molecule has 0 fully saturated rings. The number of rotatable bonds is 3. The zero-order valence-electron chi connectivity index (χ0n) is 23.4. The predicted octanol–water partition coefficient (Wildman–Crippen LogP) is 7.11. The Balaban J connectivity index is 0.00000361. The summed E-state index contributed by atoms with van der Waals surface area (Å²) in [6.07, 6.45) is 1.83. The summed E-state index contributed by atoms with van der Waals surface area (Å²) < 4.78 is 12.1. The number of hydrogen-bond acceptors (Lipinski definition) is 5. The van der Waals surface area contributed by atoms with Crippen LogP contribution < -0.4 is 4.74 Å². The zero-order chi connectivity index (χ0) is 26.0. The fourth-order valence-electron chi connectivity index (χ4n) is 4.64. The monoisotopic (exact) mass is 665 g/mol. The number of pyridine rings is 1. The molecule has 1 radical (unpaired) electrons. The standard InChI is InChI=1S/C30H38N3O2.Ir/c1-27(2,3)23-16-24(28(4,5)6)33-26(32-23)19-15-22(34-11)25(31-17-19)18-12-13-20-21(14-18)30(9,10)35-29(20,7)8;/h13-17H,1-11H3;/q-1;. The predicted molar refractivity (Wildman–Crippen MR) is 141 cm³/mol. The van der Waals surface area contributed by atoms with E-state index in [-0.39, 0.29) is 42.1 Å². The van der Waals surface area contributed by atoms with Gasteiger partial charge in [-0.05, 0) is 39.8 Å². The van der Waals surface area contributed by atoms with Crippen molar-refractivity contribution in [2.24, 2.45) is 0 Å². The number of aromatic nitrogens is 3. The first-order valence-corrected chi connectivity index (χ1v) is 12.2. The fraction of sp³-hybridized carbons (Fsp3) is 0.500. The first kappa shape index (κ1) is 28.4. The van der Waals surface area contributed by atoms with Gasteiger partial charge in [-0.25, -0.2) is 9.97 Å². The van der Waals surface area contributed by atoms with Crippen molar-refractivity contribution in [3.8, 4) is 28.4 Å². The number of methoxy groups -OCH3 is 1. The van der Waals surface area contributed by atoms with Crippen molar-refractivity contribution in [3.63, 3.8) is 0 Å². The summed E-state index contributed by atoms with van der Waals surface area (Å²) in [7, 11) is 1.67. The maximum absolute atomic E-state index is 6.32. The van der Waals surface area contributed by atoms with Crippen LogP contribution in [0.1, 0.15) is 91.8 Å². The number of hydrogen-bond donors (Lipinski definition) is 0.